The first-order valence-corrected chi connectivity index (χ1v) is 5.15. The Morgan fingerprint density at radius 3 is 2.53 bits per heavy atom. The van der Waals surface area contributed by atoms with Crippen LogP contribution < -0.4 is 11.1 Å². The Hall–Kier alpha value is -2.57. The van der Waals surface area contributed by atoms with E-state index in [-0.39, 0.29) is 11.4 Å². The average Bonchev–Trinajstić information content (AvgIpc) is 2.36. The predicted octanol–water partition coefficient (Wildman–Crippen LogP) is 2.33. The molecule has 0 fully saturated rings. The van der Waals surface area contributed by atoms with Gasteiger partial charge < -0.3 is 11.1 Å². The molecule has 0 atom stereocenters. The molecule has 0 saturated carbocycles. The summed E-state index contributed by atoms with van der Waals surface area (Å²) in [5.74, 6) is -4.52. The molecule has 0 spiro atoms. The quantitative estimate of drug-likeness (QED) is 0.820. The smallest absolute Gasteiger partial charge is 0.276 e. The predicted molar refractivity (Wildman–Crippen MR) is 62.9 cm³/mol. The molecule has 3 N–H and O–H groups in total. The molecule has 4 nitrogen and oxygen atoms in total. The van der Waals surface area contributed by atoms with E-state index in [1.807, 2.05) is 0 Å². The van der Waals surface area contributed by atoms with Gasteiger partial charge in [0.15, 0.2) is 17.3 Å². The maximum absolute atomic E-state index is 13.3. The van der Waals surface area contributed by atoms with Gasteiger partial charge in [-0.3, -0.25) is 4.79 Å². The van der Waals surface area contributed by atoms with Gasteiger partial charge in [0, 0.05) is 18.3 Å². The summed E-state index contributed by atoms with van der Waals surface area (Å²) in [7, 11) is 0. The van der Waals surface area contributed by atoms with E-state index in [0.29, 0.717) is 12.1 Å². The number of aromatic nitrogens is 1. The van der Waals surface area contributed by atoms with E-state index in [4.69, 9.17) is 5.73 Å². The lowest BCUT2D eigenvalue weighted by atomic mass is 10.2. The second-order valence-electron chi connectivity index (χ2n) is 3.64. The first-order valence-electron chi connectivity index (χ1n) is 5.15. The van der Waals surface area contributed by atoms with Crippen LogP contribution in [0.25, 0.3) is 0 Å². The Kier molecular flexibility index (Phi) is 3.37. The van der Waals surface area contributed by atoms with Crippen molar-refractivity contribution in [3.05, 3.63) is 53.6 Å². The molecule has 0 aliphatic rings. The number of pyridine rings is 1. The molecule has 98 valence electrons. The molecular formula is C12H8F3N3O. The van der Waals surface area contributed by atoms with E-state index in [0.717, 1.165) is 0 Å². The first kappa shape index (κ1) is 12.9. The van der Waals surface area contributed by atoms with Gasteiger partial charge in [0.1, 0.15) is 5.82 Å². The fourth-order valence-electron chi connectivity index (χ4n) is 1.41. The molecule has 0 aliphatic carbocycles. The number of nitrogens with one attached hydrogen (secondary N) is 1. The van der Waals surface area contributed by atoms with Crippen molar-refractivity contribution in [1.82, 2.24) is 4.98 Å². The Morgan fingerprint density at radius 1 is 1.16 bits per heavy atom. The number of halogens is 3. The van der Waals surface area contributed by atoms with E-state index in [1.165, 1.54) is 18.3 Å². The largest absolute Gasteiger partial charge is 0.397 e. The molecule has 2 aromatic rings. The van der Waals surface area contributed by atoms with Crippen molar-refractivity contribution >= 4 is 17.3 Å². The van der Waals surface area contributed by atoms with Gasteiger partial charge in [-0.1, -0.05) is 0 Å². The van der Waals surface area contributed by atoms with Crippen molar-refractivity contribution in [3.8, 4) is 0 Å². The zero-order valence-electron chi connectivity index (χ0n) is 9.45. The Morgan fingerprint density at radius 2 is 1.84 bits per heavy atom. The van der Waals surface area contributed by atoms with Crippen LogP contribution in [0.5, 0.6) is 0 Å². The molecule has 1 amide bonds. The Balaban J connectivity index is 2.30. The standard InChI is InChI=1S/C12H8F3N3O/c13-6-4-8(15)10(5-7(6)14)18-12(19)11-9(16)2-1-3-17-11/h1-5H,16H2,(H,18,19). The third-order valence-electron chi connectivity index (χ3n) is 2.31. The molecule has 0 saturated heterocycles. The van der Waals surface area contributed by atoms with E-state index in [1.54, 1.807) is 0 Å². The van der Waals surface area contributed by atoms with Crippen LogP contribution in [-0.2, 0) is 0 Å². The number of carbonyl (C=O) groups excluding carboxylic acids is 1. The molecule has 7 heteroatoms. The fraction of sp³-hybridized carbons (Fsp3) is 0. The molecule has 0 unspecified atom stereocenters. The highest BCUT2D eigenvalue weighted by Crippen LogP contribution is 2.19. The number of hydrogen-bond acceptors (Lipinski definition) is 3. The number of rotatable bonds is 2. The maximum atomic E-state index is 13.3. The fourth-order valence-corrected chi connectivity index (χ4v) is 1.41. The number of nitrogens with two attached hydrogens (primary N) is 1. The molecule has 1 heterocycles. The van der Waals surface area contributed by atoms with Crippen LogP contribution in [0, 0.1) is 17.5 Å². The summed E-state index contributed by atoms with van der Waals surface area (Å²) in [6.45, 7) is 0. The molecule has 1 aromatic heterocycles. The van der Waals surface area contributed by atoms with Crippen molar-refractivity contribution < 1.29 is 18.0 Å². The van der Waals surface area contributed by atoms with Gasteiger partial charge >= 0.3 is 0 Å². The van der Waals surface area contributed by atoms with Crippen molar-refractivity contribution in [2.75, 3.05) is 11.1 Å². The zero-order valence-corrected chi connectivity index (χ0v) is 9.45. The summed E-state index contributed by atoms with van der Waals surface area (Å²) in [6.07, 6.45) is 1.33. The lowest BCUT2D eigenvalue weighted by molar-refractivity contribution is 0.102. The van der Waals surface area contributed by atoms with Crippen LogP contribution in [0.3, 0.4) is 0 Å². The molecule has 2 rings (SSSR count). The highest BCUT2D eigenvalue weighted by Gasteiger charge is 2.15. The highest BCUT2D eigenvalue weighted by molar-refractivity contribution is 6.06. The van der Waals surface area contributed by atoms with Crippen LogP contribution in [0.1, 0.15) is 10.5 Å². The average molecular weight is 267 g/mol. The van der Waals surface area contributed by atoms with Gasteiger partial charge in [0.25, 0.3) is 5.91 Å². The van der Waals surface area contributed by atoms with Crippen LogP contribution in [-0.4, -0.2) is 10.9 Å². The van der Waals surface area contributed by atoms with Crippen LogP contribution in [0.15, 0.2) is 30.5 Å². The SMILES string of the molecule is Nc1cccnc1C(=O)Nc1cc(F)c(F)cc1F. The molecular weight excluding hydrogens is 259 g/mol. The summed E-state index contributed by atoms with van der Waals surface area (Å²) >= 11 is 0. The molecule has 0 radical (unpaired) electrons. The number of hydrogen-bond donors (Lipinski definition) is 2. The zero-order chi connectivity index (χ0) is 14.0. The van der Waals surface area contributed by atoms with Crippen molar-refractivity contribution in [2.24, 2.45) is 0 Å². The van der Waals surface area contributed by atoms with Crippen molar-refractivity contribution in [2.45, 2.75) is 0 Å². The van der Waals surface area contributed by atoms with Crippen LogP contribution >= 0.6 is 0 Å². The second kappa shape index (κ2) is 4.97. The van der Waals surface area contributed by atoms with Gasteiger partial charge in [-0.2, -0.15) is 0 Å². The van der Waals surface area contributed by atoms with Gasteiger partial charge in [-0.25, -0.2) is 18.2 Å². The van der Waals surface area contributed by atoms with Crippen LogP contribution in [0.2, 0.25) is 0 Å². The van der Waals surface area contributed by atoms with Crippen LogP contribution in [0.4, 0.5) is 24.5 Å². The second-order valence-corrected chi connectivity index (χ2v) is 3.64. The third-order valence-corrected chi connectivity index (χ3v) is 2.31. The summed E-state index contributed by atoms with van der Waals surface area (Å²) < 4.78 is 39.0. The van der Waals surface area contributed by atoms with Gasteiger partial charge in [-0.05, 0) is 12.1 Å². The maximum Gasteiger partial charge on any atom is 0.276 e. The van der Waals surface area contributed by atoms with E-state index in [2.05, 4.69) is 10.3 Å². The minimum absolute atomic E-state index is 0.0861. The number of benzene rings is 1. The molecule has 19 heavy (non-hydrogen) atoms. The van der Waals surface area contributed by atoms with Crippen molar-refractivity contribution in [3.63, 3.8) is 0 Å². The van der Waals surface area contributed by atoms with E-state index >= 15 is 0 Å². The number of anilines is 2. The number of amides is 1. The normalized spacial score (nSPS) is 10.3. The lowest BCUT2D eigenvalue weighted by Gasteiger charge is -2.07. The molecule has 0 aliphatic heterocycles. The lowest BCUT2D eigenvalue weighted by Crippen LogP contribution is -2.16. The van der Waals surface area contributed by atoms with Crippen molar-refractivity contribution in [1.29, 1.82) is 0 Å². The monoisotopic (exact) mass is 267 g/mol. The topological polar surface area (TPSA) is 68.0 Å². The number of nitrogens with zero attached hydrogens (tertiary/aromatic N) is 1. The van der Waals surface area contributed by atoms with Gasteiger partial charge in [0.05, 0.1) is 11.4 Å². The highest BCUT2D eigenvalue weighted by atomic mass is 19.2. The molecule has 1 aromatic carbocycles. The summed E-state index contributed by atoms with van der Waals surface area (Å²) in [6, 6.07) is 3.84. The Bertz CT molecular complexity index is 646. The number of carbonyl (C=O) groups is 1. The summed E-state index contributed by atoms with van der Waals surface area (Å²) in [5.41, 5.74) is 4.98. The third kappa shape index (κ3) is 2.65. The van der Waals surface area contributed by atoms with Gasteiger partial charge in [0.2, 0.25) is 0 Å². The Labute approximate surface area is 106 Å². The van der Waals surface area contributed by atoms with E-state index in [9.17, 15) is 18.0 Å². The summed E-state index contributed by atoms with van der Waals surface area (Å²) in [4.78, 5) is 15.5. The van der Waals surface area contributed by atoms with Gasteiger partial charge in [-0.15, -0.1) is 0 Å². The minimum Gasteiger partial charge on any atom is -0.397 e. The molecule has 0 bridgehead atoms. The minimum atomic E-state index is -1.34. The summed E-state index contributed by atoms with van der Waals surface area (Å²) in [5, 5.41) is 2.07. The number of nitrogen functional groups attached to an aromatic ring is 1. The first-order chi connectivity index (χ1) is 8.99. The van der Waals surface area contributed by atoms with E-state index < -0.39 is 29.0 Å².